The first kappa shape index (κ1) is 29.3. The van der Waals surface area contributed by atoms with E-state index in [4.69, 9.17) is 17.0 Å². The van der Waals surface area contributed by atoms with Crippen molar-refractivity contribution in [3.8, 4) is 5.69 Å². The number of nitrogens with zero attached hydrogens (tertiary/aromatic N) is 3. The summed E-state index contributed by atoms with van der Waals surface area (Å²) in [7, 11) is 1.46. The smallest absolute Gasteiger partial charge is 0.375 e. The summed E-state index contributed by atoms with van der Waals surface area (Å²) < 4.78 is 47.4. The zero-order valence-electron chi connectivity index (χ0n) is 23.5. The summed E-state index contributed by atoms with van der Waals surface area (Å²) in [6.45, 7) is 5.61. The van der Waals surface area contributed by atoms with Crippen LogP contribution in [0.15, 0.2) is 72.9 Å². The number of carbonyl (C=O) groups excluding carboxylic acids is 1. The number of carbonyl (C=O) groups is 1. The number of aromatic nitrogens is 2. The first-order valence-electron chi connectivity index (χ1n) is 13.3. The molecule has 2 aromatic carbocycles. The maximum absolute atomic E-state index is 13.6. The number of alkyl halides is 3. The van der Waals surface area contributed by atoms with Crippen LogP contribution in [0.2, 0.25) is 0 Å². The van der Waals surface area contributed by atoms with Gasteiger partial charge in [0.25, 0.3) is 0 Å². The summed E-state index contributed by atoms with van der Waals surface area (Å²) in [6, 6.07) is 17.9. The molecular formula is C31H30F3N5O2S. The Kier molecular flexibility index (Phi) is 8.07. The van der Waals surface area contributed by atoms with Crippen LogP contribution < -0.4 is 15.5 Å². The summed E-state index contributed by atoms with van der Waals surface area (Å²) in [5, 5.41) is 6.75. The van der Waals surface area contributed by atoms with Crippen molar-refractivity contribution in [2.75, 3.05) is 23.9 Å². The molecule has 218 valence electrons. The van der Waals surface area contributed by atoms with E-state index in [0.29, 0.717) is 16.5 Å². The minimum Gasteiger partial charge on any atom is -0.375 e. The number of benzene rings is 2. The van der Waals surface area contributed by atoms with Gasteiger partial charge in [0.05, 0.1) is 23.3 Å². The molecule has 0 bridgehead atoms. The van der Waals surface area contributed by atoms with Crippen molar-refractivity contribution in [2.45, 2.75) is 39.0 Å². The number of amides is 1. The van der Waals surface area contributed by atoms with Crippen molar-refractivity contribution in [3.63, 3.8) is 0 Å². The highest BCUT2D eigenvalue weighted by Crippen LogP contribution is 2.44. The van der Waals surface area contributed by atoms with Crippen LogP contribution in [0.5, 0.6) is 0 Å². The van der Waals surface area contributed by atoms with Gasteiger partial charge in [-0.1, -0.05) is 12.1 Å². The quantitative estimate of drug-likeness (QED) is 0.236. The third-order valence-corrected chi connectivity index (χ3v) is 7.67. The lowest BCUT2D eigenvalue weighted by Crippen LogP contribution is -2.29. The number of ether oxygens (including phenoxy) is 1. The monoisotopic (exact) mass is 593 g/mol. The Morgan fingerprint density at radius 3 is 2.50 bits per heavy atom. The van der Waals surface area contributed by atoms with Gasteiger partial charge in [0.2, 0.25) is 5.91 Å². The molecule has 0 spiro atoms. The molecular weight excluding hydrogens is 563 g/mol. The second-order valence-electron chi connectivity index (χ2n) is 10.2. The van der Waals surface area contributed by atoms with E-state index in [1.807, 2.05) is 72.7 Å². The molecule has 5 rings (SSSR count). The van der Waals surface area contributed by atoms with E-state index in [0.717, 1.165) is 46.0 Å². The van der Waals surface area contributed by atoms with Crippen molar-refractivity contribution < 1.29 is 22.7 Å². The van der Waals surface area contributed by atoms with Gasteiger partial charge in [-0.3, -0.25) is 9.78 Å². The average Bonchev–Trinajstić information content (AvgIpc) is 3.44. The minimum absolute atomic E-state index is 0.0589. The Bertz CT molecular complexity index is 1640. The third-order valence-electron chi connectivity index (χ3n) is 7.36. The lowest BCUT2D eigenvalue weighted by atomic mass is 9.96. The standard InChI is InChI=1S/C31H30F3N5O2S/c1-18-14-23(11-12-25(18)36-27(40)17-41-4)39-29(28(37-30(39)42)26-10-5-6-13-35-26)24-15-19(2)38(20(24)3)22-9-7-8-21(16-22)31(32,33)34/h5-16,28-29H,17H2,1-4H3,(H,36,40)(H,37,42)/t28-,29+/m0/s1. The molecule has 1 aliphatic heterocycles. The Hall–Kier alpha value is -4.22. The maximum Gasteiger partial charge on any atom is 0.416 e. The number of anilines is 2. The van der Waals surface area contributed by atoms with Crippen LogP contribution in [0.1, 0.15) is 45.9 Å². The highest BCUT2D eigenvalue weighted by atomic mass is 32.1. The van der Waals surface area contributed by atoms with Crippen LogP contribution in [-0.2, 0) is 15.7 Å². The molecule has 11 heteroatoms. The molecule has 4 aromatic rings. The van der Waals surface area contributed by atoms with E-state index in [9.17, 15) is 18.0 Å². The van der Waals surface area contributed by atoms with Gasteiger partial charge in [0.15, 0.2) is 5.11 Å². The molecule has 1 saturated heterocycles. The van der Waals surface area contributed by atoms with E-state index in [1.165, 1.54) is 13.2 Å². The second-order valence-corrected chi connectivity index (χ2v) is 10.6. The zero-order valence-corrected chi connectivity index (χ0v) is 24.3. The Morgan fingerprint density at radius 1 is 1.05 bits per heavy atom. The van der Waals surface area contributed by atoms with E-state index in [-0.39, 0.29) is 24.6 Å². The fraction of sp³-hybridized carbons (Fsp3) is 0.258. The maximum atomic E-state index is 13.6. The van der Waals surface area contributed by atoms with E-state index < -0.39 is 11.7 Å². The third kappa shape index (κ3) is 5.62. The molecule has 3 heterocycles. The summed E-state index contributed by atoms with van der Waals surface area (Å²) in [6.07, 6.45) is -2.74. The fourth-order valence-corrected chi connectivity index (χ4v) is 5.86. The first-order valence-corrected chi connectivity index (χ1v) is 13.7. The molecule has 0 radical (unpaired) electrons. The fourth-order valence-electron chi connectivity index (χ4n) is 5.51. The highest BCUT2D eigenvalue weighted by Gasteiger charge is 2.42. The number of thiocarbonyl (C=S) groups is 1. The molecule has 0 saturated carbocycles. The van der Waals surface area contributed by atoms with Crippen molar-refractivity contribution >= 4 is 34.6 Å². The first-order chi connectivity index (χ1) is 20.0. The summed E-state index contributed by atoms with van der Waals surface area (Å²) in [5.74, 6) is -0.262. The number of halogens is 3. The molecule has 0 aliphatic carbocycles. The Balaban J connectivity index is 1.61. The van der Waals surface area contributed by atoms with Gasteiger partial charge in [-0.05, 0) is 98.7 Å². The van der Waals surface area contributed by atoms with Crippen molar-refractivity contribution in [3.05, 3.63) is 107 Å². The lowest BCUT2D eigenvalue weighted by molar-refractivity contribution is -0.137. The van der Waals surface area contributed by atoms with Gasteiger partial charge in [0.1, 0.15) is 6.61 Å². The van der Waals surface area contributed by atoms with Gasteiger partial charge in [-0.25, -0.2) is 0 Å². The Labute approximate surface area is 247 Å². The molecule has 0 unspecified atom stereocenters. The van der Waals surface area contributed by atoms with E-state index >= 15 is 0 Å². The topological polar surface area (TPSA) is 71.4 Å². The number of aryl methyl sites for hydroxylation is 2. The van der Waals surface area contributed by atoms with Crippen LogP contribution in [0, 0.1) is 20.8 Å². The number of methoxy groups -OCH3 is 1. The van der Waals surface area contributed by atoms with Gasteiger partial charge in [-0.15, -0.1) is 0 Å². The second kappa shape index (κ2) is 11.6. The van der Waals surface area contributed by atoms with E-state index in [1.54, 1.807) is 12.3 Å². The molecule has 42 heavy (non-hydrogen) atoms. The van der Waals surface area contributed by atoms with Crippen LogP contribution >= 0.6 is 12.2 Å². The summed E-state index contributed by atoms with van der Waals surface area (Å²) in [5.41, 5.74) is 5.22. The van der Waals surface area contributed by atoms with Gasteiger partial charge in [-0.2, -0.15) is 13.2 Å². The number of pyridine rings is 1. The highest BCUT2D eigenvalue weighted by molar-refractivity contribution is 7.80. The predicted molar refractivity (Wildman–Crippen MR) is 160 cm³/mol. The van der Waals surface area contributed by atoms with Crippen molar-refractivity contribution in [2.24, 2.45) is 0 Å². The molecule has 1 aliphatic rings. The molecule has 1 fully saturated rings. The van der Waals surface area contributed by atoms with Crippen LogP contribution in [0.3, 0.4) is 0 Å². The molecule has 2 N–H and O–H groups in total. The van der Waals surface area contributed by atoms with Crippen molar-refractivity contribution in [1.29, 1.82) is 0 Å². The molecule has 7 nitrogen and oxygen atoms in total. The molecule has 1 amide bonds. The van der Waals surface area contributed by atoms with Gasteiger partial charge >= 0.3 is 6.18 Å². The van der Waals surface area contributed by atoms with Gasteiger partial charge in [0, 0.05) is 41.8 Å². The van der Waals surface area contributed by atoms with Gasteiger partial charge < -0.3 is 24.8 Å². The normalized spacial score (nSPS) is 16.9. The number of hydrogen-bond donors (Lipinski definition) is 2. The van der Waals surface area contributed by atoms with E-state index in [2.05, 4.69) is 15.6 Å². The van der Waals surface area contributed by atoms with Crippen LogP contribution in [-0.4, -0.2) is 34.3 Å². The largest absolute Gasteiger partial charge is 0.416 e. The number of hydrogen-bond acceptors (Lipinski definition) is 4. The average molecular weight is 594 g/mol. The Morgan fingerprint density at radius 2 is 1.83 bits per heavy atom. The van der Waals surface area contributed by atoms with Crippen LogP contribution in [0.25, 0.3) is 5.69 Å². The SMILES string of the molecule is COCC(=O)Nc1ccc(N2C(=S)N[C@@H](c3ccccn3)[C@H]2c2cc(C)n(-c3cccc(C(F)(F)F)c3)c2C)cc1C. The minimum atomic E-state index is -4.46. The summed E-state index contributed by atoms with van der Waals surface area (Å²) >= 11 is 5.86. The van der Waals surface area contributed by atoms with Crippen molar-refractivity contribution in [1.82, 2.24) is 14.9 Å². The molecule has 2 aromatic heterocycles. The number of nitrogens with one attached hydrogen (secondary N) is 2. The predicted octanol–water partition coefficient (Wildman–Crippen LogP) is 6.58. The molecule has 2 atom stereocenters. The summed E-state index contributed by atoms with van der Waals surface area (Å²) in [4.78, 5) is 18.7. The zero-order chi connectivity index (χ0) is 30.2. The van der Waals surface area contributed by atoms with Crippen LogP contribution in [0.4, 0.5) is 24.5 Å². The lowest BCUT2D eigenvalue weighted by Gasteiger charge is -2.29. The number of rotatable bonds is 7.